The summed E-state index contributed by atoms with van der Waals surface area (Å²) in [4.78, 5) is 24.5. The number of rotatable bonds is 7. The van der Waals surface area contributed by atoms with Gasteiger partial charge in [-0.3, -0.25) is 4.79 Å². The van der Waals surface area contributed by atoms with Gasteiger partial charge in [-0.2, -0.15) is 0 Å². The molecule has 1 atom stereocenters. The van der Waals surface area contributed by atoms with E-state index in [4.69, 9.17) is 18.6 Å². The van der Waals surface area contributed by atoms with Gasteiger partial charge in [0, 0.05) is 6.07 Å². The van der Waals surface area contributed by atoms with Crippen molar-refractivity contribution in [3.63, 3.8) is 0 Å². The minimum Gasteiger partial charge on any atom is -0.479 e. The van der Waals surface area contributed by atoms with E-state index >= 15 is 0 Å². The SMILES string of the molecule is CCCOC(=O)[C@H](C)Oc1ccc2c(=O)c(Oc3cccc(C)c3)coc2c1. The van der Waals surface area contributed by atoms with Crippen LogP contribution in [-0.2, 0) is 9.53 Å². The van der Waals surface area contributed by atoms with Gasteiger partial charge in [-0.25, -0.2) is 4.79 Å². The van der Waals surface area contributed by atoms with Crippen LogP contribution in [0.3, 0.4) is 0 Å². The maximum absolute atomic E-state index is 12.7. The fourth-order valence-electron chi connectivity index (χ4n) is 2.61. The molecule has 146 valence electrons. The topological polar surface area (TPSA) is 75.0 Å². The van der Waals surface area contributed by atoms with Crippen LogP contribution in [0.2, 0.25) is 0 Å². The maximum atomic E-state index is 12.7. The second-order valence-corrected chi connectivity index (χ2v) is 6.43. The molecule has 28 heavy (non-hydrogen) atoms. The van der Waals surface area contributed by atoms with Crippen LogP contribution < -0.4 is 14.9 Å². The zero-order valence-corrected chi connectivity index (χ0v) is 16.1. The van der Waals surface area contributed by atoms with Gasteiger partial charge in [0.25, 0.3) is 0 Å². The summed E-state index contributed by atoms with van der Waals surface area (Å²) >= 11 is 0. The molecule has 0 aliphatic carbocycles. The molecule has 0 fully saturated rings. The molecule has 3 aromatic rings. The number of ether oxygens (including phenoxy) is 3. The van der Waals surface area contributed by atoms with Gasteiger partial charge in [0.15, 0.2) is 6.10 Å². The van der Waals surface area contributed by atoms with Crippen LogP contribution in [0.1, 0.15) is 25.8 Å². The van der Waals surface area contributed by atoms with Crippen molar-refractivity contribution >= 4 is 16.9 Å². The van der Waals surface area contributed by atoms with Crippen molar-refractivity contribution < 1.29 is 23.4 Å². The first kappa shape index (κ1) is 19.5. The number of benzene rings is 2. The van der Waals surface area contributed by atoms with Gasteiger partial charge in [-0.1, -0.05) is 19.1 Å². The molecule has 0 aliphatic rings. The van der Waals surface area contributed by atoms with Crippen molar-refractivity contribution in [1.29, 1.82) is 0 Å². The third-order valence-corrected chi connectivity index (χ3v) is 4.03. The smallest absolute Gasteiger partial charge is 0.347 e. The highest BCUT2D eigenvalue weighted by Gasteiger charge is 2.17. The van der Waals surface area contributed by atoms with Gasteiger partial charge in [0.05, 0.1) is 12.0 Å². The Balaban J connectivity index is 1.80. The molecule has 0 aliphatic heterocycles. The first-order valence-electron chi connectivity index (χ1n) is 9.11. The standard InChI is InChI=1S/C22H22O6/c1-4-10-25-22(24)15(3)27-17-8-9-18-19(12-17)26-13-20(21(18)23)28-16-7-5-6-14(2)11-16/h5-9,11-13,15H,4,10H2,1-3H3/t15-/m0/s1. The number of fused-ring (bicyclic) bond motifs is 1. The molecule has 0 radical (unpaired) electrons. The minimum absolute atomic E-state index is 0.100. The molecule has 3 rings (SSSR count). The molecule has 0 unspecified atom stereocenters. The largest absolute Gasteiger partial charge is 0.479 e. The van der Waals surface area contributed by atoms with Crippen molar-refractivity contribution in [2.24, 2.45) is 0 Å². The number of esters is 1. The van der Waals surface area contributed by atoms with Gasteiger partial charge >= 0.3 is 5.97 Å². The minimum atomic E-state index is -0.764. The maximum Gasteiger partial charge on any atom is 0.347 e. The molecular weight excluding hydrogens is 360 g/mol. The van der Waals surface area contributed by atoms with Crippen LogP contribution in [0.5, 0.6) is 17.2 Å². The Labute approximate surface area is 162 Å². The van der Waals surface area contributed by atoms with E-state index in [2.05, 4.69) is 0 Å². The summed E-state index contributed by atoms with van der Waals surface area (Å²) in [6.07, 6.45) is 1.25. The van der Waals surface area contributed by atoms with Crippen molar-refractivity contribution in [2.45, 2.75) is 33.3 Å². The molecule has 6 heteroatoms. The van der Waals surface area contributed by atoms with Crippen molar-refractivity contribution in [3.05, 3.63) is 64.5 Å². The zero-order chi connectivity index (χ0) is 20.1. The van der Waals surface area contributed by atoms with Crippen molar-refractivity contribution in [3.8, 4) is 17.2 Å². The highest BCUT2D eigenvalue weighted by molar-refractivity contribution is 5.79. The van der Waals surface area contributed by atoms with E-state index < -0.39 is 12.1 Å². The van der Waals surface area contributed by atoms with Gasteiger partial charge in [0.2, 0.25) is 11.2 Å². The fraction of sp³-hybridized carbons (Fsp3) is 0.273. The molecule has 6 nitrogen and oxygen atoms in total. The lowest BCUT2D eigenvalue weighted by Gasteiger charge is -2.14. The summed E-state index contributed by atoms with van der Waals surface area (Å²) < 4.78 is 21.9. The summed E-state index contributed by atoms with van der Waals surface area (Å²) in [5.41, 5.74) is 1.08. The Kier molecular flexibility index (Phi) is 5.99. The van der Waals surface area contributed by atoms with Crippen LogP contribution in [-0.4, -0.2) is 18.7 Å². The van der Waals surface area contributed by atoms with E-state index in [1.165, 1.54) is 6.26 Å². The number of hydrogen-bond donors (Lipinski definition) is 0. The monoisotopic (exact) mass is 382 g/mol. The van der Waals surface area contributed by atoms with Crippen LogP contribution in [0.25, 0.3) is 11.0 Å². The summed E-state index contributed by atoms with van der Waals surface area (Å²) in [5.74, 6) is 0.628. The summed E-state index contributed by atoms with van der Waals surface area (Å²) in [6.45, 7) is 5.82. The molecule has 0 bridgehead atoms. The number of carbonyl (C=O) groups is 1. The molecule has 0 amide bonds. The summed E-state index contributed by atoms with van der Waals surface area (Å²) in [5, 5.41) is 0.360. The molecule has 1 aromatic heterocycles. The van der Waals surface area contributed by atoms with E-state index in [-0.39, 0.29) is 11.2 Å². The normalized spacial score (nSPS) is 11.8. The van der Waals surface area contributed by atoms with E-state index in [0.717, 1.165) is 12.0 Å². The average molecular weight is 382 g/mol. The number of aryl methyl sites for hydroxylation is 1. The first-order chi connectivity index (χ1) is 13.5. The Hall–Kier alpha value is -3.28. The first-order valence-corrected chi connectivity index (χ1v) is 9.11. The van der Waals surface area contributed by atoms with Crippen molar-refractivity contribution in [1.82, 2.24) is 0 Å². The lowest BCUT2D eigenvalue weighted by molar-refractivity contribution is -0.151. The summed E-state index contributed by atoms with van der Waals surface area (Å²) in [7, 11) is 0. The Bertz CT molecular complexity index is 1040. The molecular formula is C22H22O6. The second-order valence-electron chi connectivity index (χ2n) is 6.43. The van der Waals surface area contributed by atoms with E-state index in [0.29, 0.717) is 29.1 Å². The van der Waals surface area contributed by atoms with Crippen LogP contribution in [0, 0.1) is 6.92 Å². The van der Waals surface area contributed by atoms with E-state index in [1.807, 2.05) is 32.0 Å². The van der Waals surface area contributed by atoms with Crippen LogP contribution in [0.4, 0.5) is 0 Å². The average Bonchev–Trinajstić information content (AvgIpc) is 2.68. The van der Waals surface area contributed by atoms with Gasteiger partial charge in [0.1, 0.15) is 23.3 Å². The third kappa shape index (κ3) is 4.52. The zero-order valence-electron chi connectivity index (χ0n) is 16.1. The third-order valence-electron chi connectivity index (χ3n) is 4.03. The van der Waals surface area contributed by atoms with Crippen LogP contribution >= 0.6 is 0 Å². The van der Waals surface area contributed by atoms with E-state index in [9.17, 15) is 9.59 Å². The Morgan fingerprint density at radius 2 is 1.96 bits per heavy atom. The predicted molar refractivity (Wildman–Crippen MR) is 105 cm³/mol. The van der Waals surface area contributed by atoms with Crippen LogP contribution in [0.15, 0.2) is 57.9 Å². The molecule has 0 saturated heterocycles. The Morgan fingerprint density at radius 3 is 2.71 bits per heavy atom. The van der Waals surface area contributed by atoms with Gasteiger partial charge in [-0.15, -0.1) is 0 Å². The molecule has 0 saturated carbocycles. The second kappa shape index (κ2) is 8.61. The predicted octanol–water partition coefficient (Wildman–Crippen LogP) is 4.61. The molecule has 0 spiro atoms. The van der Waals surface area contributed by atoms with Crippen molar-refractivity contribution in [2.75, 3.05) is 6.61 Å². The van der Waals surface area contributed by atoms with Gasteiger partial charge in [-0.05, 0) is 50.1 Å². The lowest BCUT2D eigenvalue weighted by Crippen LogP contribution is -2.26. The highest BCUT2D eigenvalue weighted by atomic mass is 16.6. The quantitative estimate of drug-likeness (QED) is 0.555. The highest BCUT2D eigenvalue weighted by Crippen LogP contribution is 2.25. The Morgan fingerprint density at radius 1 is 1.14 bits per heavy atom. The molecule has 2 aromatic carbocycles. The lowest BCUT2D eigenvalue weighted by atomic mass is 10.2. The number of carbonyl (C=O) groups excluding carboxylic acids is 1. The van der Waals surface area contributed by atoms with E-state index in [1.54, 1.807) is 31.2 Å². The summed E-state index contributed by atoms with van der Waals surface area (Å²) in [6, 6.07) is 12.2. The number of hydrogen-bond acceptors (Lipinski definition) is 6. The van der Waals surface area contributed by atoms with Gasteiger partial charge < -0.3 is 18.6 Å². The molecule has 1 heterocycles. The molecule has 0 N–H and O–H groups in total. The fourth-order valence-corrected chi connectivity index (χ4v) is 2.61.